The van der Waals surface area contributed by atoms with E-state index < -0.39 is 17.8 Å². The fraction of sp³-hybridized carbons (Fsp3) is 0.292. The van der Waals surface area contributed by atoms with Crippen molar-refractivity contribution in [3.05, 3.63) is 76.8 Å². The minimum absolute atomic E-state index is 0.0336. The topological polar surface area (TPSA) is 78.3 Å². The number of Topliss-reactive ketones (excluding diaryl/α,β-unsaturated/α-hetero) is 1. The van der Waals surface area contributed by atoms with Gasteiger partial charge in [-0.05, 0) is 41.7 Å². The van der Waals surface area contributed by atoms with Gasteiger partial charge < -0.3 is 14.8 Å². The summed E-state index contributed by atoms with van der Waals surface area (Å²) in [5, 5.41) is 7.27. The number of benzene rings is 2. The number of nitrogens with one attached hydrogen (secondary N) is 1. The van der Waals surface area contributed by atoms with Crippen LogP contribution >= 0.6 is 0 Å². The number of allylic oxidation sites excluding steroid dienone is 2. The normalized spacial score (nSPS) is 19.9. The number of carbonyl (C=O) groups excluding carboxylic acids is 1. The molecule has 1 aromatic heterocycles. The Morgan fingerprint density at radius 3 is 2.56 bits per heavy atom. The van der Waals surface area contributed by atoms with Gasteiger partial charge in [0.1, 0.15) is 12.4 Å². The lowest BCUT2D eigenvalue weighted by Crippen LogP contribution is -2.34. The Hall–Kier alpha value is -3.82. The zero-order valence-electron chi connectivity index (χ0n) is 18.4. The van der Waals surface area contributed by atoms with Gasteiger partial charge in [0.05, 0.1) is 19.8 Å². The highest BCUT2D eigenvalue weighted by Gasteiger charge is 2.43. The molecule has 1 aliphatic heterocycles. The number of alkyl halides is 3. The molecule has 0 amide bonds. The van der Waals surface area contributed by atoms with Gasteiger partial charge in [-0.3, -0.25) is 4.79 Å². The third kappa shape index (κ3) is 3.59. The number of anilines is 1. The van der Waals surface area contributed by atoms with E-state index in [-0.39, 0.29) is 29.3 Å². The number of ketones is 1. The highest BCUT2D eigenvalue weighted by Crippen LogP contribution is 2.47. The number of ether oxygens (including phenoxy) is 2. The standard InChI is InChI=1S/C24H21F3N4O3/c1-33-19-8-7-13(11-20(19)34-2)14-9-17-21(18(32)10-14)22(31-23(30-17)28-12-29-31)15-5-3-4-6-16(15)24(25,26)27/h3-8,11-12,14,22H,9-10H2,1-2H3,(H,28,29,30)/t14-,22-/m0/s1. The van der Waals surface area contributed by atoms with Crippen molar-refractivity contribution >= 4 is 11.7 Å². The van der Waals surface area contributed by atoms with Crippen molar-refractivity contribution in [2.75, 3.05) is 19.5 Å². The fourth-order valence-corrected chi connectivity index (χ4v) is 4.78. The van der Waals surface area contributed by atoms with Crippen LogP contribution in [-0.2, 0) is 11.0 Å². The lowest BCUT2D eigenvalue weighted by atomic mass is 9.77. The number of hydrogen-bond donors (Lipinski definition) is 1. The molecule has 0 saturated carbocycles. The average Bonchev–Trinajstić information content (AvgIpc) is 3.29. The van der Waals surface area contributed by atoms with Crippen LogP contribution in [0.1, 0.15) is 41.5 Å². The maximum atomic E-state index is 13.9. The molecule has 0 fully saturated rings. The number of carbonyl (C=O) groups is 1. The van der Waals surface area contributed by atoms with Crippen LogP contribution in [0.4, 0.5) is 19.1 Å². The molecule has 0 spiro atoms. The lowest BCUT2D eigenvalue weighted by Gasteiger charge is -2.36. The summed E-state index contributed by atoms with van der Waals surface area (Å²) < 4.78 is 53.6. The molecule has 0 radical (unpaired) electrons. The maximum absolute atomic E-state index is 13.9. The first-order valence-electron chi connectivity index (χ1n) is 10.6. The Bertz CT molecular complexity index is 1300. The highest BCUT2D eigenvalue weighted by atomic mass is 19.4. The molecule has 10 heteroatoms. The molecule has 3 aromatic rings. The van der Waals surface area contributed by atoms with Crippen LogP contribution in [0.3, 0.4) is 0 Å². The molecule has 0 saturated heterocycles. The Morgan fingerprint density at radius 2 is 1.82 bits per heavy atom. The summed E-state index contributed by atoms with van der Waals surface area (Å²) in [6.07, 6.45) is -2.75. The van der Waals surface area contributed by atoms with Crippen molar-refractivity contribution in [1.82, 2.24) is 14.8 Å². The summed E-state index contributed by atoms with van der Waals surface area (Å²) in [6, 6.07) is 9.72. The van der Waals surface area contributed by atoms with Gasteiger partial charge in [0, 0.05) is 17.7 Å². The molecule has 176 valence electrons. The molecular formula is C24H21F3N4O3. The molecule has 5 rings (SSSR count). The molecule has 1 aliphatic carbocycles. The molecule has 0 bridgehead atoms. The predicted molar refractivity (Wildman–Crippen MR) is 117 cm³/mol. The van der Waals surface area contributed by atoms with Crippen molar-refractivity contribution in [3.8, 4) is 11.5 Å². The second-order valence-electron chi connectivity index (χ2n) is 8.18. The zero-order chi connectivity index (χ0) is 24.0. The number of aromatic nitrogens is 3. The highest BCUT2D eigenvalue weighted by molar-refractivity contribution is 6.00. The molecule has 2 atom stereocenters. The van der Waals surface area contributed by atoms with Crippen molar-refractivity contribution < 1.29 is 27.4 Å². The first-order valence-corrected chi connectivity index (χ1v) is 10.6. The van der Waals surface area contributed by atoms with Crippen molar-refractivity contribution in [2.45, 2.75) is 31.0 Å². The van der Waals surface area contributed by atoms with Gasteiger partial charge in [-0.15, -0.1) is 0 Å². The van der Waals surface area contributed by atoms with Gasteiger partial charge in [0.15, 0.2) is 17.3 Å². The van der Waals surface area contributed by atoms with Crippen LogP contribution in [0.5, 0.6) is 11.5 Å². The van der Waals surface area contributed by atoms with E-state index >= 15 is 0 Å². The second-order valence-corrected chi connectivity index (χ2v) is 8.18. The Morgan fingerprint density at radius 1 is 1.06 bits per heavy atom. The Balaban J connectivity index is 1.60. The summed E-state index contributed by atoms with van der Waals surface area (Å²) >= 11 is 0. The minimum atomic E-state index is -4.58. The van der Waals surface area contributed by atoms with Crippen molar-refractivity contribution in [2.24, 2.45) is 0 Å². The number of nitrogens with zero attached hydrogens (tertiary/aromatic N) is 3. The lowest BCUT2D eigenvalue weighted by molar-refractivity contribution is -0.138. The predicted octanol–water partition coefficient (Wildman–Crippen LogP) is 4.73. The first-order chi connectivity index (χ1) is 16.3. The van der Waals surface area contributed by atoms with E-state index in [1.165, 1.54) is 36.3 Å². The summed E-state index contributed by atoms with van der Waals surface area (Å²) in [5.41, 5.74) is 0.877. The number of rotatable bonds is 4. The number of hydrogen-bond acceptors (Lipinski definition) is 6. The SMILES string of the molecule is COc1ccc([C@@H]2CC(=O)C3=C(C2)Nc2ncnn2[C@H]3c2ccccc2C(F)(F)F)cc1OC. The van der Waals surface area contributed by atoms with Crippen molar-refractivity contribution in [1.29, 1.82) is 0 Å². The maximum Gasteiger partial charge on any atom is 0.416 e. The largest absolute Gasteiger partial charge is 0.493 e. The molecule has 1 N–H and O–H groups in total. The van der Waals surface area contributed by atoms with Crippen molar-refractivity contribution in [3.63, 3.8) is 0 Å². The van der Waals surface area contributed by atoms with E-state index in [1.807, 2.05) is 12.1 Å². The number of fused-ring (bicyclic) bond motifs is 1. The van der Waals surface area contributed by atoms with E-state index in [9.17, 15) is 18.0 Å². The Labute approximate surface area is 193 Å². The molecule has 2 aromatic carbocycles. The molecule has 2 heterocycles. The van der Waals surface area contributed by atoms with Crippen LogP contribution in [0.25, 0.3) is 0 Å². The van der Waals surface area contributed by atoms with E-state index in [2.05, 4.69) is 15.4 Å². The molecule has 2 aliphatic rings. The van der Waals surface area contributed by atoms with Gasteiger partial charge in [-0.25, -0.2) is 4.68 Å². The minimum Gasteiger partial charge on any atom is -0.493 e. The molecular weight excluding hydrogens is 449 g/mol. The summed E-state index contributed by atoms with van der Waals surface area (Å²) in [7, 11) is 3.08. The Kier molecular flexibility index (Phi) is 5.30. The second kappa shape index (κ2) is 8.19. The third-order valence-corrected chi connectivity index (χ3v) is 6.30. The van der Waals surface area contributed by atoms with Gasteiger partial charge in [0.2, 0.25) is 5.95 Å². The van der Waals surface area contributed by atoms with E-state index in [0.29, 0.717) is 29.6 Å². The van der Waals surface area contributed by atoms with E-state index in [0.717, 1.165) is 11.6 Å². The van der Waals surface area contributed by atoms with Crippen LogP contribution in [0.15, 0.2) is 60.1 Å². The quantitative estimate of drug-likeness (QED) is 0.594. The number of halogens is 3. The zero-order valence-corrected chi connectivity index (χ0v) is 18.4. The summed E-state index contributed by atoms with van der Waals surface area (Å²) in [5.74, 6) is 0.978. The monoisotopic (exact) mass is 470 g/mol. The van der Waals surface area contributed by atoms with Crippen LogP contribution in [-0.4, -0.2) is 34.8 Å². The molecule has 7 nitrogen and oxygen atoms in total. The number of methoxy groups -OCH3 is 2. The van der Waals surface area contributed by atoms with Gasteiger partial charge in [-0.1, -0.05) is 24.3 Å². The first kappa shape index (κ1) is 22.0. The summed E-state index contributed by atoms with van der Waals surface area (Å²) in [6.45, 7) is 0. The van der Waals surface area contributed by atoms with E-state index in [1.54, 1.807) is 13.2 Å². The van der Waals surface area contributed by atoms with Crippen LogP contribution < -0.4 is 14.8 Å². The smallest absolute Gasteiger partial charge is 0.416 e. The van der Waals surface area contributed by atoms with Gasteiger partial charge in [-0.2, -0.15) is 23.3 Å². The molecule has 0 unspecified atom stereocenters. The van der Waals surface area contributed by atoms with Crippen LogP contribution in [0, 0.1) is 0 Å². The average molecular weight is 470 g/mol. The van der Waals surface area contributed by atoms with Gasteiger partial charge in [0.25, 0.3) is 0 Å². The van der Waals surface area contributed by atoms with Crippen LogP contribution in [0.2, 0.25) is 0 Å². The van der Waals surface area contributed by atoms with E-state index in [4.69, 9.17) is 9.47 Å². The fourth-order valence-electron chi connectivity index (χ4n) is 4.78. The molecule has 34 heavy (non-hydrogen) atoms. The third-order valence-electron chi connectivity index (χ3n) is 6.30. The van der Waals surface area contributed by atoms with Gasteiger partial charge >= 0.3 is 6.18 Å². The summed E-state index contributed by atoms with van der Waals surface area (Å²) in [4.78, 5) is 17.6.